The van der Waals surface area contributed by atoms with E-state index in [9.17, 15) is 0 Å². The molecular formula is C31H36N4O2. The van der Waals surface area contributed by atoms with Crippen molar-refractivity contribution in [2.24, 2.45) is 5.92 Å². The first-order valence-electron chi connectivity index (χ1n) is 13.0. The first kappa shape index (κ1) is 26.4. The largest absolute Gasteiger partial charge is 0.457 e. The van der Waals surface area contributed by atoms with E-state index < -0.39 is 0 Å². The predicted molar refractivity (Wildman–Crippen MR) is 148 cm³/mol. The third kappa shape index (κ3) is 6.97. The van der Waals surface area contributed by atoms with Crippen molar-refractivity contribution >= 4 is 11.0 Å². The van der Waals surface area contributed by atoms with Crippen LogP contribution in [0.25, 0.3) is 11.0 Å². The molecular weight excluding hydrogens is 460 g/mol. The average molecular weight is 497 g/mol. The van der Waals surface area contributed by atoms with Gasteiger partial charge in [-0.15, -0.1) is 0 Å². The van der Waals surface area contributed by atoms with E-state index in [-0.39, 0.29) is 0 Å². The van der Waals surface area contributed by atoms with Crippen LogP contribution < -0.4 is 10.1 Å². The third-order valence-corrected chi connectivity index (χ3v) is 6.87. The smallest absolute Gasteiger partial charge is 0.173 e. The van der Waals surface area contributed by atoms with E-state index in [0.717, 1.165) is 66.4 Å². The molecule has 1 aliphatic heterocycles. The van der Waals surface area contributed by atoms with Gasteiger partial charge in [-0.2, -0.15) is 5.26 Å². The number of fused-ring (bicyclic) bond motifs is 1. The summed E-state index contributed by atoms with van der Waals surface area (Å²) >= 11 is 0. The number of ether oxygens (including phenoxy) is 1. The minimum Gasteiger partial charge on any atom is -0.457 e. The molecule has 0 bridgehead atoms. The molecule has 192 valence electrons. The molecule has 1 N–H and O–H groups in total. The number of hydrogen-bond acceptors (Lipinski definition) is 6. The molecule has 4 aromatic rings. The maximum Gasteiger partial charge on any atom is 0.173 e. The second-order valence-corrected chi connectivity index (χ2v) is 9.68. The first-order valence-corrected chi connectivity index (χ1v) is 13.0. The molecule has 1 saturated heterocycles. The molecule has 1 fully saturated rings. The lowest BCUT2D eigenvalue weighted by atomic mass is 9.91. The Morgan fingerprint density at radius 2 is 1.73 bits per heavy atom. The molecule has 0 amide bonds. The SMILES string of the molecule is CNC.Cc1c(Oc2ccc(C#N)cc2)ccc2c(CCC3CCN(Cc4ccccc4)CC3)noc12. The number of nitrogens with zero attached hydrogens (tertiary/aromatic N) is 3. The predicted octanol–water partition coefficient (Wildman–Crippen LogP) is 6.48. The summed E-state index contributed by atoms with van der Waals surface area (Å²) in [5, 5.41) is 17.2. The molecule has 0 atom stereocenters. The molecule has 5 rings (SSSR count). The van der Waals surface area contributed by atoms with Gasteiger partial charge in [-0.05, 0) is 108 Å². The lowest BCUT2D eigenvalue weighted by molar-refractivity contribution is 0.172. The Kier molecular flexibility index (Phi) is 9.31. The van der Waals surface area contributed by atoms with Gasteiger partial charge >= 0.3 is 0 Å². The fraction of sp³-hybridized carbons (Fsp3) is 0.355. The minimum absolute atomic E-state index is 0.612. The number of aromatic nitrogens is 1. The van der Waals surface area contributed by atoms with Crippen molar-refractivity contribution in [3.05, 3.63) is 89.1 Å². The van der Waals surface area contributed by atoms with Crippen molar-refractivity contribution in [2.45, 2.75) is 39.2 Å². The van der Waals surface area contributed by atoms with Crippen LogP contribution in [0.5, 0.6) is 11.5 Å². The average Bonchev–Trinajstić information content (AvgIpc) is 3.35. The van der Waals surface area contributed by atoms with Crippen LogP contribution in [0.2, 0.25) is 0 Å². The maximum absolute atomic E-state index is 8.96. The van der Waals surface area contributed by atoms with Crippen molar-refractivity contribution in [1.29, 1.82) is 5.26 Å². The number of piperidine rings is 1. The summed E-state index contributed by atoms with van der Waals surface area (Å²) < 4.78 is 11.8. The summed E-state index contributed by atoms with van der Waals surface area (Å²) in [5.74, 6) is 2.17. The number of nitriles is 1. The van der Waals surface area contributed by atoms with Gasteiger partial charge in [0.1, 0.15) is 11.5 Å². The van der Waals surface area contributed by atoms with Crippen molar-refractivity contribution in [2.75, 3.05) is 27.2 Å². The Bertz CT molecular complexity index is 1300. The van der Waals surface area contributed by atoms with Crippen LogP contribution in [-0.4, -0.2) is 37.2 Å². The Balaban J connectivity index is 0.00000102. The maximum atomic E-state index is 8.96. The van der Waals surface area contributed by atoms with Crippen LogP contribution in [0.4, 0.5) is 0 Å². The number of benzene rings is 3. The van der Waals surface area contributed by atoms with Gasteiger partial charge in [-0.25, -0.2) is 0 Å². The highest BCUT2D eigenvalue weighted by molar-refractivity contribution is 5.84. The number of rotatable bonds is 7. The van der Waals surface area contributed by atoms with Crippen molar-refractivity contribution in [3.8, 4) is 17.6 Å². The van der Waals surface area contributed by atoms with Gasteiger partial charge < -0.3 is 14.6 Å². The zero-order valence-electron chi connectivity index (χ0n) is 22.0. The quantitative estimate of drug-likeness (QED) is 0.316. The highest BCUT2D eigenvalue weighted by Crippen LogP contribution is 2.33. The van der Waals surface area contributed by atoms with Crippen molar-refractivity contribution < 1.29 is 9.26 Å². The Morgan fingerprint density at radius 3 is 2.41 bits per heavy atom. The van der Waals surface area contributed by atoms with E-state index in [2.05, 4.69) is 57.8 Å². The molecule has 0 aliphatic carbocycles. The molecule has 1 aliphatic rings. The van der Waals surface area contributed by atoms with E-state index in [4.69, 9.17) is 14.5 Å². The van der Waals surface area contributed by atoms with Crippen LogP contribution in [0, 0.1) is 24.2 Å². The van der Waals surface area contributed by atoms with E-state index in [0.29, 0.717) is 11.3 Å². The summed E-state index contributed by atoms with van der Waals surface area (Å²) in [5.41, 5.74) is 4.78. The number of nitrogens with one attached hydrogen (secondary N) is 1. The molecule has 2 heterocycles. The lowest BCUT2D eigenvalue weighted by Gasteiger charge is -2.31. The zero-order chi connectivity index (χ0) is 26.0. The molecule has 6 heteroatoms. The van der Waals surface area contributed by atoms with Crippen LogP contribution >= 0.6 is 0 Å². The summed E-state index contributed by atoms with van der Waals surface area (Å²) in [4.78, 5) is 2.57. The summed E-state index contributed by atoms with van der Waals surface area (Å²) in [6, 6.07) is 24.0. The number of aryl methyl sites for hydroxylation is 2. The van der Waals surface area contributed by atoms with Gasteiger partial charge in [0.15, 0.2) is 5.58 Å². The standard InChI is InChI=1S/C29H29N3O2.C2H7N/c1-21-28(33-25-10-7-23(19-30)8-11-25)14-12-26-27(31-34-29(21)26)13-9-22-15-17-32(18-16-22)20-24-5-3-2-4-6-24;1-3-2/h2-8,10-12,14,22H,9,13,15-18,20H2,1H3;3H,1-2H3. The van der Waals surface area contributed by atoms with Crippen molar-refractivity contribution in [1.82, 2.24) is 15.4 Å². The lowest BCUT2D eigenvalue weighted by Crippen LogP contribution is -2.33. The molecule has 6 nitrogen and oxygen atoms in total. The normalized spacial score (nSPS) is 14.1. The molecule has 0 radical (unpaired) electrons. The van der Waals surface area contributed by atoms with Crippen LogP contribution in [-0.2, 0) is 13.0 Å². The number of likely N-dealkylation sites (tertiary alicyclic amines) is 1. The monoisotopic (exact) mass is 496 g/mol. The van der Waals surface area contributed by atoms with Gasteiger partial charge in [0, 0.05) is 17.5 Å². The second-order valence-electron chi connectivity index (χ2n) is 9.68. The van der Waals surface area contributed by atoms with E-state index in [1.165, 1.54) is 18.4 Å². The van der Waals surface area contributed by atoms with E-state index in [1.807, 2.05) is 27.1 Å². The molecule has 0 unspecified atom stereocenters. The topological polar surface area (TPSA) is 74.3 Å². The van der Waals surface area contributed by atoms with Gasteiger partial charge in [0.05, 0.1) is 17.3 Å². The second kappa shape index (κ2) is 13.0. The highest BCUT2D eigenvalue weighted by atomic mass is 16.5. The summed E-state index contributed by atoms with van der Waals surface area (Å²) in [6.45, 7) is 5.37. The minimum atomic E-state index is 0.612. The van der Waals surface area contributed by atoms with Crippen molar-refractivity contribution in [3.63, 3.8) is 0 Å². The third-order valence-electron chi connectivity index (χ3n) is 6.87. The van der Waals surface area contributed by atoms with Gasteiger partial charge in [-0.1, -0.05) is 35.5 Å². The molecule has 0 saturated carbocycles. The van der Waals surface area contributed by atoms with E-state index in [1.54, 1.807) is 24.3 Å². The fourth-order valence-electron chi connectivity index (χ4n) is 4.80. The molecule has 1 aromatic heterocycles. The molecule has 0 spiro atoms. The van der Waals surface area contributed by atoms with Crippen LogP contribution in [0.3, 0.4) is 0 Å². The fourth-order valence-corrected chi connectivity index (χ4v) is 4.80. The Morgan fingerprint density at radius 1 is 1.03 bits per heavy atom. The van der Waals surface area contributed by atoms with Gasteiger partial charge in [0.2, 0.25) is 0 Å². The Labute approximate surface area is 219 Å². The van der Waals surface area contributed by atoms with Crippen LogP contribution in [0.1, 0.15) is 41.6 Å². The number of hydrogen-bond donors (Lipinski definition) is 1. The Hall–Kier alpha value is -3.66. The zero-order valence-corrected chi connectivity index (χ0v) is 22.0. The highest BCUT2D eigenvalue weighted by Gasteiger charge is 2.21. The first-order chi connectivity index (χ1) is 18.1. The molecule has 37 heavy (non-hydrogen) atoms. The summed E-state index contributed by atoms with van der Waals surface area (Å²) in [7, 11) is 3.75. The summed E-state index contributed by atoms with van der Waals surface area (Å²) in [6.07, 6.45) is 4.56. The van der Waals surface area contributed by atoms with E-state index >= 15 is 0 Å². The molecule has 3 aromatic carbocycles. The van der Waals surface area contributed by atoms with Gasteiger partial charge in [-0.3, -0.25) is 4.90 Å². The van der Waals surface area contributed by atoms with Gasteiger partial charge in [0.25, 0.3) is 0 Å². The van der Waals surface area contributed by atoms with Crippen LogP contribution in [0.15, 0.2) is 71.3 Å².